The molecular weight excluding hydrogens is 387 g/mol. The Morgan fingerprint density at radius 2 is 1.58 bits per heavy atom. The van der Waals surface area contributed by atoms with E-state index in [1.54, 1.807) is 0 Å². The summed E-state index contributed by atoms with van der Waals surface area (Å²) in [5.74, 6) is 0.848. The van der Waals surface area contributed by atoms with Gasteiger partial charge in [0, 0.05) is 36.9 Å². The number of ether oxygens (including phenoxy) is 1. The Kier molecular flexibility index (Phi) is 5.48. The zero-order valence-corrected chi connectivity index (χ0v) is 19.5. The van der Waals surface area contributed by atoms with Crippen LogP contribution in [0.1, 0.15) is 39.0 Å². The largest absolute Gasteiger partial charge is 0.494 e. The normalized spacial score (nSPS) is 17.2. The number of anilines is 1. The molecule has 1 saturated heterocycles. The number of fused-ring (bicyclic) bond motifs is 1. The highest BCUT2D eigenvalue weighted by Crippen LogP contribution is 2.36. The van der Waals surface area contributed by atoms with E-state index in [1.165, 1.54) is 0 Å². The number of pyridine rings is 1. The molecule has 1 aromatic heterocycles. The third-order valence-corrected chi connectivity index (χ3v) is 6.30. The first-order valence-corrected chi connectivity index (χ1v) is 10.7. The van der Waals surface area contributed by atoms with Crippen LogP contribution in [0.4, 0.5) is 5.69 Å². The Bertz CT molecular complexity index is 1080. The zero-order valence-electron chi connectivity index (χ0n) is 19.5. The van der Waals surface area contributed by atoms with Gasteiger partial charge in [-0.1, -0.05) is 24.3 Å². The van der Waals surface area contributed by atoms with Gasteiger partial charge in [0.25, 0.3) is 0 Å². The van der Waals surface area contributed by atoms with Gasteiger partial charge in [-0.05, 0) is 63.8 Å². The van der Waals surface area contributed by atoms with Gasteiger partial charge in [-0.3, -0.25) is 4.98 Å². The van der Waals surface area contributed by atoms with Gasteiger partial charge in [-0.2, -0.15) is 0 Å². The number of aromatic nitrogens is 1. The van der Waals surface area contributed by atoms with Gasteiger partial charge in [0.05, 0.1) is 16.7 Å². The minimum atomic E-state index is -0.351. The summed E-state index contributed by atoms with van der Waals surface area (Å²) in [6.45, 7) is 10.7. The molecule has 4 rings (SSSR count). The van der Waals surface area contributed by atoms with Gasteiger partial charge in [-0.25, -0.2) is 0 Å². The highest BCUT2D eigenvalue weighted by molar-refractivity contribution is 6.62. The van der Waals surface area contributed by atoms with Crippen LogP contribution in [0.3, 0.4) is 0 Å². The van der Waals surface area contributed by atoms with Crippen LogP contribution in [0.25, 0.3) is 10.9 Å². The first-order chi connectivity index (χ1) is 14.6. The average Bonchev–Trinajstić information content (AvgIpc) is 2.93. The molecule has 0 N–H and O–H groups in total. The third-order valence-electron chi connectivity index (χ3n) is 6.30. The first-order valence-electron chi connectivity index (χ1n) is 10.7. The lowest BCUT2D eigenvalue weighted by atomic mass is 9.79. The van der Waals surface area contributed by atoms with Crippen LogP contribution in [-0.4, -0.2) is 37.4 Å². The summed E-state index contributed by atoms with van der Waals surface area (Å²) in [5.41, 5.74) is 4.42. The summed E-state index contributed by atoms with van der Waals surface area (Å²) >= 11 is 0. The predicted molar refractivity (Wildman–Crippen MR) is 127 cm³/mol. The van der Waals surface area contributed by atoms with E-state index in [2.05, 4.69) is 74.0 Å². The van der Waals surface area contributed by atoms with E-state index in [1.807, 2.05) is 33.2 Å². The van der Waals surface area contributed by atoms with Crippen molar-refractivity contribution in [1.82, 2.24) is 4.98 Å². The maximum absolute atomic E-state index is 6.23. The fraction of sp³-hybridized carbons (Fsp3) is 0.400. The van der Waals surface area contributed by atoms with Crippen LogP contribution in [0.2, 0.25) is 0 Å². The molecule has 31 heavy (non-hydrogen) atoms. The molecule has 1 aliphatic heterocycles. The van der Waals surface area contributed by atoms with Crippen molar-refractivity contribution in [2.75, 3.05) is 19.0 Å². The molecule has 0 unspecified atom stereocenters. The van der Waals surface area contributed by atoms with E-state index in [9.17, 15) is 0 Å². The average molecular weight is 418 g/mol. The van der Waals surface area contributed by atoms with Crippen LogP contribution in [0, 0.1) is 6.92 Å². The zero-order chi connectivity index (χ0) is 22.4. The summed E-state index contributed by atoms with van der Waals surface area (Å²) < 4.78 is 18.5. The fourth-order valence-electron chi connectivity index (χ4n) is 3.62. The molecule has 0 saturated carbocycles. The molecule has 2 aromatic carbocycles. The second kappa shape index (κ2) is 7.84. The lowest BCUT2D eigenvalue weighted by Crippen LogP contribution is -2.41. The van der Waals surface area contributed by atoms with E-state index < -0.39 is 0 Å². The van der Waals surface area contributed by atoms with E-state index in [0.29, 0.717) is 6.61 Å². The molecule has 1 aliphatic rings. The van der Waals surface area contributed by atoms with Gasteiger partial charge in [0.2, 0.25) is 0 Å². The van der Waals surface area contributed by atoms with Crippen molar-refractivity contribution in [1.29, 1.82) is 0 Å². The van der Waals surface area contributed by atoms with Crippen LogP contribution in [-0.2, 0) is 15.9 Å². The second-order valence-corrected chi connectivity index (χ2v) is 9.48. The topological polar surface area (TPSA) is 43.8 Å². The molecule has 0 bridgehead atoms. The number of benzene rings is 2. The SMILES string of the molecule is Cc1cc(OCc2ccc(B3OC(C)(C)C(C)(C)O3)cc2)c2cc(N(C)C)ccc2n1. The molecule has 2 heterocycles. The molecule has 0 amide bonds. The summed E-state index contributed by atoms with van der Waals surface area (Å²) in [7, 11) is 3.71. The molecule has 0 spiro atoms. The second-order valence-electron chi connectivity index (χ2n) is 9.48. The Labute approximate surface area is 185 Å². The number of aryl methyl sites for hydroxylation is 1. The number of hydrogen-bond donors (Lipinski definition) is 0. The summed E-state index contributed by atoms with van der Waals surface area (Å²) in [4.78, 5) is 6.73. The summed E-state index contributed by atoms with van der Waals surface area (Å²) in [5, 5.41) is 1.02. The van der Waals surface area contributed by atoms with Crippen LogP contribution < -0.4 is 15.1 Å². The molecule has 0 atom stereocenters. The Balaban J connectivity index is 1.51. The maximum atomic E-state index is 6.23. The number of hydrogen-bond acceptors (Lipinski definition) is 5. The highest BCUT2D eigenvalue weighted by atomic mass is 16.7. The Morgan fingerprint density at radius 3 is 2.19 bits per heavy atom. The summed E-state index contributed by atoms with van der Waals surface area (Å²) in [6, 6.07) is 16.5. The third kappa shape index (κ3) is 4.27. The first kappa shape index (κ1) is 21.7. The molecule has 1 fully saturated rings. The minimum absolute atomic E-state index is 0.342. The highest BCUT2D eigenvalue weighted by Gasteiger charge is 2.51. The molecular formula is C25H31BN2O3. The van der Waals surface area contributed by atoms with Crippen molar-refractivity contribution in [2.45, 2.75) is 52.4 Å². The van der Waals surface area contributed by atoms with Gasteiger partial charge in [0.1, 0.15) is 12.4 Å². The molecule has 162 valence electrons. The van der Waals surface area contributed by atoms with Gasteiger partial charge >= 0.3 is 7.12 Å². The van der Waals surface area contributed by atoms with Crippen molar-refractivity contribution in [2.24, 2.45) is 0 Å². The fourth-order valence-corrected chi connectivity index (χ4v) is 3.62. The lowest BCUT2D eigenvalue weighted by molar-refractivity contribution is 0.00578. The Hall–Kier alpha value is -2.57. The van der Waals surface area contributed by atoms with E-state index in [-0.39, 0.29) is 18.3 Å². The van der Waals surface area contributed by atoms with E-state index in [4.69, 9.17) is 14.0 Å². The minimum Gasteiger partial charge on any atom is -0.488 e. The Morgan fingerprint density at radius 1 is 0.935 bits per heavy atom. The lowest BCUT2D eigenvalue weighted by Gasteiger charge is -2.32. The van der Waals surface area contributed by atoms with Crippen molar-refractivity contribution in [3.05, 3.63) is 59.8 Å². The van der Waals surface area contributed by atoms with Gasteiger partial charge < -0.3 is 18.9 Å². The van der Waals surface area contributed by atoms with E-state index >= 15 is 0 Å². The quantitative estimate of drug-likeness (QED) is 0.572. The molecule has 5 nitrogen and oxygen atoms in total. The maximum Gasteiger partial charge on any atom is 0.494 e. The molecule has 3 aromatic rings. The predicted octanol–water partition coefficient (Wildman–Crippen LogP) is 4.49. The monoisotopic (exact) mass is 418 g/mol. The molecule has 6 heteroatoms. The molecule has 0 aliphatic carbocycles. The van der Waals surface area contributed by atoms with Crippen molar-refractivity contribution < 1.29 is 14.0 Å². The van der Waals surface area contributed by atoms with Crippen molar-refractivity contribution in [3.63, 3.8) is 0 Å². The van der Waals surface area contributed by atoms with Crippen molar-refractivity contribution >= 4 is 29.2 Å². The van der Waals surface area contributed by atoms with Crippen LogP contribution in [0.15, 0.2) is 48.5 Å². The van der Waals surface area contributed by atoms with Gasteiger partial charge in [-0.15, -0.1) is 0 Å². The number of rotatable bonds is 5. The summed E-state index contributed by atoms with van der Waals surface area (Å²) in [6.07, 6.45) is 0. The number of nitrogens with zero attached hydrogens (tertiary/aromatic N) is 2. The van der Waals surface area contributed by atoms with Crippen LogP contribution >= 0.6 is 0 Å². The van der Waals surface area contributed by atoms with Gasteiger partial charge in [0.15, 0.2) is 0 Å². The smallest absolute Gasteiger partial charge is 0.488 e. The van der Waals surface area contributed by atoms with Crippen molar-refractivity contribution in [3.8, 4) is 5.75 Å². The standard InChI is InChI=1S/C25H31BN2O3/c1-17-14-23(21-15-20(28(6)7)12-13-22(21)27-17)29-16-18-8-10-19(11-9-18)26-30-24(2,3)25(4,5)31-26/h8-15H,16H2,1-7H3. The molecule has 0 radical (unpaired) electrons. The van der Waals surface area contributed by atoms with E-state index in [0.717, 1.165) is 39.1 Å². The van der Waals surface area contributed by atoms with Crippen LogP contribution in [0.5, 0.6) is 5.75 Å².